The van der Waals surface area contributed by atoms with Gasteiger partial charge in [-0.3, -0.25) is 4.79 Å². The summed E-state index contributed by atoms with van der Waals surface area (Å²) in [6.07, 6.45) is 6.85. The maximum Gasteiger partial charge on any atom is 0.256 e. The second-order valence-corrected chi connectivity index (χ2v) is 6.90. The van der Waals surface area contributed by atoms with E-state index in [0.717, 1.165) is 18.5 Å². The third-order valence-electron chi connectivity index (χ3n) is 4.98. The molecule has 3 aromatic rings. The average molecular weight is 371 g/mol. The Bertz CT molecular complexity index is 1000. The highest BCUT2D eigenvalue weighted by Gasteiger charge is 2.30. The number of aromatic nitrogens is 4. The van der Waals surface area contributed by atoms with Crippen molar-refractivity contribution in [3.63, 3.8) is 0 Å². The molecule has 28 heavy (non-hydrogen) atoms. The van der Waals surface area contributed by atoms with Gasteiger partial charge in [0.15, 0.2) is 0 Å². The molecule has 0 unspecified atom stereocenters. The summed E-state index contributed by atoms with van der Waals surface area (Å²) in [6.45, 7) is 2.70. The molecule has 140 valence electrons. The minimum Gasteiger partial charge on any atom is -0.335 e. The van der Waals surface area contributed by atoms with E-state index in [1.54, 1.807) is 18.6 Å². The average Bonchev–Trinajstić information content (AvgIpc) is 3.28. The molecule has 0 spiro atoms. The lowest BCUT2D eigenvalue weighted by Gasteiger charge is -2.36. The molecule has 1 fully saturated rings. The van der Waals surface area contributed by atoms with Crippen molar-refractivity contribution in [3.8, 4) is 17.5 Å². The maximum absolute atomic E-state index is 13.3. The Morgan fingerprint density at radius 1 is 1.04 bits per heavy atom. The van der Waals surface area contributed by atoms with Crippen molar-refractivity contribution >= 4 is 5.91 Å². The first-order chi connectivity index (χ1) is 13.7. The van der Waals surface area contributed by atoms with Gasteiger partial charge in [-0.2, -0.15) is 15.0 Å². The first-order valence-corrected chi connectivity index (χ1v) is 9.41. The van der Waals surface area contributed by atoms with E-state index < -0.39 is 0 Å². The molecule has 0 radical (unpaired) electrons. The zero-order chi connectivity index (χ0) is 19.3. The quantitative estimate of drug-likeness (QED) is 0.650. The van der Waals surface area contributed by atoms with Crippen LogP contribution in [-0.2, 0) is 0 Å². The van der Waals surface area contributed by atoms with Gasteiger partial charge >= 0.3 is 0 Å². The summed E-state index contributed by atoms with van der Waals surface area (Å²) in [6, 6.07) is 13.3. The molecule has 0 aliphatic carbocycles. The third kappa shape index (κ3) is 3.79. The van der Waals surface area contributed by atoms with Crippen LogP contribution >= 0.6 is 0 Å². The van der Waals surface area contributed by atoms with E-state index in [-0.39, 0.29) is 17.9 Å². The van der Waals surface area contributed by atoms with Crippen LogP contribution in [0.2, 0.25) is 0 Å². The molecule has 0 bridgehead atoms. The fraction of sp³-hybridized carbons (Fsp3) is 0.273. The van der Waals surface area contributed by atoms with Crippen LogP contribution in [0.3, 0.4) is 0 Å². The largest absolute Gasteiger partial charge is 0.335 e. The van der Waals surface area contributed by atoms with Gasteiger partial charge in [-0.25, -0.2) is 4.98 Å². The van der Waals surface area contributed by atoms with Crippen LogP contribution in [0.25, 0.3) is 5.69 Å². The molecule has 4 rings (SSSR count). The standard InChI is InChI=1S/C22H21N5O/c1-17-9-10-18(11-12-19-6-4-5-13-23-19)16-26(17)22(28)20-7-2-3-8-21(20)27-24-14-15-25-27/h2-8,13-15,17-18H,9-10,16H2,1H3/t17-,18+/m1/s1. The van der Waals surface area contributed by atoms with Gasteiger partial charge in [0.2, 0.25) is 0 Å². The Balaban J connectivity index is 1.57. The predicted molar refractivity (Wildman–Crippen MR) is 106 cm³/mol. The van der Waals surface area contributed by atoms with Crippen LogP contribution in [-0.4, -0.2) is 43.4 Å². The minimum absolute atomic E-state index is 0.00950. The monoisotopic (exact) mass is 371 g/mol. The Kier molecular flexibility index (Phi) is 5.16. The molecule has 1 amide bonds. The van der Waals surface area contributed by atoms with Gasteiger partial charge in [0.1, 0.15) is 5.69 Å². The van der Waals surface area contributed by atoms with E-state index >= 15 is 0 Å². The Labute approximate surface area is 164 Å². The zero-order valence-electron chi connectivity index (χ0n) is 15.7. The molecular weight excluding hydrogens is 350 g/mol. The van der Waals surface area contributed by atoms with Crippen LogP contribution in [0.5, 0.6) is 0 Å². The molecule has 3 heterocycles. The molecular formula is C22H21N5O. The Morgan fingerprint density at radius 2 is 1.82 bits per heavy atom. The number of carbonyl (C=O) groups is 1. The van der Waals surface area contributed by atoms with Crippen LogP contribution < -0.4 is 0 Å². The van der Waals surface area contributed by atoms with Crippen molar-refractivity contribution in [2.45, 2.75) is 25.8 Å². The first kappa shape index (κ1) is 17.9. The number of nitrogens with zero attached hydrogens (tertiary/aromatic N) is 5. The Hall–Kier alpha value is -3.46. The molecule has 6 nitrogen and oxygen atoms in total. The topological polar surface area (TPSA) is 63.9 Å². The zero-order valence-corrected chi connectivity index (χ0v) is 15.7. The van der Waals surface area contributed by atoms with Crippen molar-refractivity contribution in [1.82, 2.24) is 24.9 Å². The highest BCUT2D eigenvalue weighted by molar-refractivity contribution is 5.98. The van der Waals surface area contributed by atoms with Crippen molar-refractivity contribution < 1.29 is 4.79 Å². The smallest absolute Gasteiger partial charge is 0.256 e. The fourth-order valence-electron chi connectivity index (χ4n) is 3.44. The fourth-order valence-corrected chi connectivity index (χ4v) is 3.44. The van der Waals surface area contributed by atoms with Gasteiger partial charge in [0.05, 0.1) is 23.6 Å². The van der Waals surface area contributed by atoms with E-state index in [1.165, 1.54) is 4.80 Å². The molecule has 1 aliphatic heterocycles. The molecule has 1 saturated heterocycles. The SMILES string of the molecule is C[C@@H]1CC[C@@H](C#Cc2ccccn2)CN1C(=O)c1ccccc1-n1nccn1. The molecule has 2 aromatic heterocycles. The van der Waals surface area contributed by atoms with Crippen LogP contribution in [0, 0.1) is 17.8 Å². The van der Waals surface area contributed by atoms with Crippen LogP contribution in [0.15, 0.2) is 61.1 Å². The summed E-state index contributed by atoms with van der Waals surface area (Å²) in [7, 11) is 0. The Morgan fingerprint density at radius 3 is 2.61 bits per heavy atom. The van der Waals surface area contributed by atoms with E-state index in [2.05, 4.69) is 33.9 Å². The number of carbonyl (C=O) groups excluding carboxylic acids is 1. The second kappa shape index (κ2) is 8.05. The van der Waals surface area contributed by atoms with Crippen LogP contribution in [0.4, 0.5) is 0 Å². The molecule has 1 aromatic carbocycles. The van der Waals surface area contributed by atoms with E-state index in [1.807, 2.05) is 47.4 Å². The van der Waals surface area contributed by atoms with Gasteiger partial charge in [0, 0.05) is 24.7 Å². The van der Waals surface area contributed by atoms with Gasteiger partial charge in [-0.15, -0.1) is 0 Å². The summed E-state index contributed by atoms with van der Waals surface area (Å²) in [5.74, 6) is 6.57. The van der Waals surface area contributed by atoms with Gasteiger partial charge < -0.3 is 4.90 Å². The summed E-state index contributed by atoms with van der Waals surface area (Å²) >= 11 is 0. The molecule has 2 atom stereocenters. The minimum atomic E-state index is -0.00950. The van der Waals surface area contributed by atoms with Gasteiger partial charge in [0.25, 0.3) is 5.91 Å². The molecule has 6 heteroatoms. The number of amides is 1. The van der Waals surface area contributed by atoms with E-state index in [4.69, 9.17) is 0 Å². The lowest BCUT2D eigenvalue weighted by Crippen LogP contribution is -2.45. The second-order valence-electron chi connectivity index (χ2n) is 6.90. The first-order valence-electron chi connectivity index (χ1n) is 9.41. The number of likely N-dealkylation sites (tertiary alicyclic amines) is 1. The highest BCUT2D eigenvalue weighted by atomic mass is 16.2. The number of hydrogen-bond acceptors (Lipinski definition) is 4. The number of benzene rings is 1. The lowest BCUT2D eigenvalue weighted by atomic mass is 9.93. The van der Waals surface area contributed by atoms with Gasteiger partial charge in [-0.1, -0.05) is 24.1 Å². The maximum atomic E-state index is 13.3. The van der Waals surface area contributed by atoms with E-state index in [0.29, 0.717) is 17.8 Å². The highest BCUT2D eigenvalue weighted by Crippen LogP contribution is 2.25. The summed E-state index contributed by atoms with van der Waals surface area (Å²) in [4.78, 5) is 21.0. The van der Waals surface area contributed by atoms with Crippen molar-refractivity contribution in [2.75, 3.05) is 6.54 Å². The van der Waals surface area contributed by atoms with Gasteiger partial charge in [-0.05, 0) is 50.0 Å². The number of pyridine rings is 1. The summed E-state index contributed by atoms with van der Waals surface area (Å²) in [5, 5.41) is 8.35. The van der Waals surface area contributed by atoms with Crippen molar-refractivity contribution in [1.29, 1.82) is 0 Å². The number of hydrogen-bond donors (Lipinski definition) is 0. The number of piperidine rings is 1. The normalized spacial score (nSPS) is 19.0. The number of para-hydroxylation sites is 1. The predicted octanol–water partition coefficient (Wildman–Crippen LogP) is 2.95. The molecule has 0 saturated carbocycles. The van der Waals surface area contributed by atoms with E-state index in [9.17, 15) is 4.79 Å². The third-order valence-corrected chi connectivity index (χ3v) is 4.98. The molecule has 1 aliphatic rings. The summed E-state index contributed by atoms with van der Waals surface area (Å²) < 4.78 is 0. The molecule has 0 N–H and O–H groups in total. The van der Waals surface area contributed by atoms with Crippen LogP contribution in [0.1, 0.15) is 35.8 Å². The van der Waals surface area contributed by atoms with Crippen molar-refractivity contribution in [2.24, 2.45) is 5.92 Å². The lowest BCUT2D eigenvalue weighted by molar-refractivity contribution is 0.0598. The van der Waals surface area contributed by atoms with Crippen molar-refractivity contribution in [3.05, 3.63) is 72.3 Å². The summed E-state index contributed by atoms with van der Waals surface area (Å²) in [5.41, 5.74) is 2.05. The number of rotatable bonds is 2.